The monoisotopic (exact) mass is 256 g/mol. The number of hydrogen-bond acceptors (Lipinski definition) is 3. The number of rotatable bonds is 5. The molecular formula is C12H14ClFN2O. The van der Waals surface area contributed by atoms with Crippen molar-refractivity contribution in [3.63, 3.8) is 0 Å². The number of benzene rings is 1. The maximum Gasteiger partial charge on any atom is 0.130 e. The van der Waals surface area contributed by atoms with Gasteiger partial charge in [0.1, 0.15) is 11.4 Å². The highest BCUT2D eigenvalue weighted by atomic mass is 35.5. The molecule has 0 radical (unpaired) electrons. The minimum absolute atomic E-state index is 0.235. The Kier molecular flexibility index (Phi) is 4.88. The number of hydrogen-bond donors (Lipinski definition) is 1. The van der Waals surface area contributed by atoms with Gasteiger partial charge in [0.15, 0.2) is 0 Å². The van der Waals surface area contributed by atoms with E-state index in [9.17, 15) is 9.65 Å². The largest absolute Gasteiger partial charge is 0.383 e. The lowest BCUT2D eigenvalue weighted by molar-refractivity contribution is 0.192. The van der Waals surface area contributed by atoms with E-state index >= 15 is 0 Å². The van der Waals surface area contributed by atoms with Gasteiger partial charge in [-0.25, -0.2) is 4.39 Å². The summed E-state index contributed by atoms with van der Waals surface area (Å²) < 4.78 is 17.8. The third-order valence-corrected chi connectivity index (χ3v) is 2.79. The fraction of sp³-hybridized carbons (Fsp3) is 0.417. The second-order valence-corrected chi connectivity index (χ2v) is 4.19. The molecule has 1 rings (SSSR count). The number of nitrogens with zero attached hydrogens (tertiary/aromatic N) is 1. The fourth-order valence-corrected chi connectivity index (χ4v) is 1.85. The van der Waals surface area contributed by atoms with Gasteiger partial charge in [0, 0.05) is 24.2 Å². The molecule has 1 aromatic carbocycles. The molecule has 1 N–H and O–H groups in total. The summed E-state index contributed by atoms with van der Waals surface area (Å²) in [7, 11) is 1.58. The predicted molar refractivity (Wildman–Crippen MR) is 64.3 cm³/mol. The molecule has 0 bridgehead atoms. The summed E-state index contributed by atoms with van der Waals surface area (Å²) in [4.78, 5) is 0. The Bertz CT molecular complexity index is 433. The van der Waals surface area contributed by atoms with E-state index in [1.807, 2.05) is 0 Å². The summed E-state index contributed by atoms with van der Waals surface area (Å²) in [6.45, 7) is 2.69. The van der Waals surface area contributed by atoms with E-state index in [0.29, 0.717) is 18.7 Å². The Morgan fingerprint density at radius 3 is 2.82 bits per heavy atom. The van der Waals surface area contributed by atoms with Crippen LogP contribution in [0.1, 0.15) is 12.5 Å². The van der Waals surface area contributed by atoms with Gasteiger partial charge in [-0.3, -0.25) is 5.32 Å². The summed E-state index contributed by atoms with van der Waals surface area (Å²) in [6.07, 6.45) is 0. The first kappa shape index (κ1) is 13.9. The first-order valence-corrected chi connectivity index (χ1v) is 5.52. The molecule has 1 unspecified atom stereocenters. The number of methoxy groups -OCH3 is 1. The van der Waals surface area contributed by atoms with Gasteiger partial charge in [-0.2, -0.15) is 5.26 Å². The van der Waals surface area contributed by atoms with Crippen LogP contribution in [0.15, 0.2) is 18.2 Å². The lowest BCUT2D eigenvalue weighted by atomic mass is 9.93. The van der Waals surface area contributed by atoms with Crippen molar-refractivity contribution in [3.05, 3.63) is 34.6 Å². The molecule has 0 heterocycles. The molecule has 0 aliphatic carbocycles. The van der Waals surface area contributed by atoms with Crippen LogP contribution in [0.4, 0.5) is 4.39 Å². The topological polar surface area (TPSA) is 45.0 Å². The van der Waals surface area contributed by atoms with Crippen molar-refractivity contribution >= 4 is 11.6 Å². The molecule has 0 saturated carbocycles. The highest BCUT2D eigenvalue weighted by Gasteiger charge is 2.28. The molecule has 0 fully saturated rings. The molecule has 92 valence electrons. The Balaban J connectivity index is 2.96. The summed E-state index contributed by atoms with van der Waals surface area (Å²) in [5, 5.41) is 12.5. The van der Waals surface area contributed by atoms with Gasteiger partial charge in [0.2, 0.25) is 0 Å². The number of ether oxygens (including phenoxy) is 1. The van der Waals surface area contributed by atoms with Gasteiger partial charge in [-0.1, -0.05) is 17.7 Å². The van der Waals surface area contributed by atoms with Crippen LogP contribution in [0.2, 0.25) is 5.02 Å². The van der Waals surface area contributed by atoms with Gasteiger partial charge < -0.3 is 4.74 Å². The summed E-state index contributed by atoms with van der Waals surface area (Å²) in [5.74, 6) is -0.420. The summed E-state index contributed by atoms with van der Waals surface area (Å²) in [5.41, 5.74) is -0.400. The van der Waals surface area contributed by atoms with Crippen LogP contribution in [-0.4, -0.2) is 20.3 Å². The summed E-state index contributed by atoms with van der Waals surface area (Å²) in [6, 6.07) is 6.14. The Hall–Kier alpha value is -1.15. The maximum absolute atomic E-state index is 12.9. The average molecular weight is 257 g/mol. The predicted octanol–water partition coefficient (Wildman–Crippen LogP) is 2.45. The third-order valence-electron chi connectivity index (χ3n) is 2.48. The van der Waals surface area contributed by atoms with E-state index in [1.165, 1.54) is 18.2 Å². The van der Waals surface area contributed by atoms with Crippen molar-refractivity contribution in [3.8, 4) is 6.07 Å². The fourth-order valence-electron chi connectivity index (χ4n) is 1.49. The zero-order valence-electron chi connectivity index (χ0n) is 9.76. The van der Waals surface area contributed by atoms with Crippen LogP contribution in [0.25, 0.3) is 0 Å². The Morgan fingerprint density at radius 1 is 1.59 bits per heavy atom. The average Bonchev–Trinajstić information content (AvgIpc) is 2.29. The van der Waals surface area contributed by atoms with Crippen LogP contribution >= 0.6 is 11.6 Å². The molecule has 3 nitrogen and oxygen atoms in total. The number of nitriles is 1. The Morgan fingerprint density at radius 2 is 2.29 bits per heavy atom. The highest BCUT2D eigenvalue weighted by Crippen LogP contribution is 2.28. The van der Waals surface area contributed by atoms with Crippen LogP contribution in [-0.2, 0) is 10.3 Å². The first-order chi connectivity index (χ1) is 8.03. The van der Waals surface area contributed by atoms with E-state index in [2.05, 4.69) is 11.4 Å². The van der Waals surface area contributed by atoms with Crippen LogP contribution in [0.3, 0.4) is 0 Å². The van der Waals surface area contributed by atoms with Crippen molar-refractivity contribution < 1.29 is 9.13 Å². The molecule has 0 aliphatic rings. The quantitative estimate of drug-likeness (QED) is 0.823. The standard InChI is InChI=1S/C12H14ClFN2O/c1-12(8-15,16-5-6-17-2)10-4-3-9(14)7-11(10)13/h3-4,7,16H,5-6H2,1-2H3. The third kappa shape index (κ3) is 3.40. The molecule has 0 aliphatic heterocycles. The second kappa shape index (κ2) is 5.97. The lowest BCUT2D eigenvalue weighted by Crippen LogP contribution is -2.40. The Labute approximate surface area is 105 Å². The molecule has 0 aromatic heterocycles. The minimum atomic E-state index is -0.955. The highest BCUT2D eigenvalue weighted by molar-refractivity contribution is 6.31. The van der Waals surface area contributed by atoms with Crippen LogP contribution in [0.5, 0.6) is 0 Å². The zero-order valence-corrected chi connectivity index (χ0v) is 10.5. The normalized spacial score (nSPS) is 14.1. The zero-order chi connectivity index (χ0) is 12.9. The molecule has 0 spiro atoms. The maximum atomic E-state index is 12.9. The molecule has 1 atom stereocenters. The van der Waals surface area contributed by atoms with Gasteiger partial charge >= 0.3 is 0 Å². The minimum Gasteiger partial charge on any atom is -0.383 e. The molecule has 0 amide bonds. The van der Waals surface area contributed by atoms with Crippen LogP contribution < -0.4 is 5.32 Å². The summed E-state index contributed by atoms with van der Waals surface area (Å²) >= 11 is 5.94. The van der Waals surface area contributed by atoms with Crippen molar-refractivity contribution in [2.75, 3.05) is 20.3 Å². The molecule has 1 aromatic rings. The SMILES string of the molecule is COCCNC(C)(C#N)c1ccc(F)cc1Cl. The van der Waals surface area contributed by atoms with Gasteiger partial charge in [0.25, 0.3) is 0 Å². The molecule has 17 heavy (non-hydrogen) atoms. The molecule has 0 saturated heterocycles. The van der Waals surface area contributed by atoms with Crippen molar-refractivity contribution in [1.82, 2.24) is 5.32 Å². The first-order valence-electron chi connectivity index (χ1n) is 5.14. The van der Waals surface area contributed by atoms with Gasteiger partial charge in [-0.15, -0.1) is 0 Å². The van der Waals surface area contributed by atoms with Crippen molar-refractivity contribution in [1.29, 1.82) is 5.26 Å². The smallest absolute Gasteiger partial charge is 0.130 e. The lowest BCUT2D eigenvalue weighted by Gasteiger charge is -2.24. The number of halogens is 2. The van der Waals surface area contributed by atoms with Gasteiger partial charge in [-0.05, 0) is 19.1 Å². The molecule has 5 heteroatoms. The van der Waals surface area contributed by atoms with E-state index in [1.54, 1.807) is 14.0 Å². The van der Waals surface area contributed by atoms with Crippen molar-refractivity contribution in [2.24, 2.45) is 0 Å². The molecular weight excluding hydrogens is 243 g/mol. The van der Waals surface area contributed by atoms with E-state index in [-0.39, 0.29) is 5.02 Å². The van der Waals surface area contributed by atoms with E-state index in [0.717, 1.165) is 0 Å². The van der Waals surface area contributed by atoms with E-state index in [4.69, 9.17) is 16.3 Å². The van der Waals surface area contributed by atoms with Crippen LogP contribution in [0, 0.1) is 17.1 Å². The van der Waals surface area contributed by atoms with Gasteiger partial charge in [0.05, 0.1) is 12.7 Å². The second-order valence-electron chi connectivity index (χ2n) is 3.78. The van der Waals surface area contributed by atoms with Crippen molar-refractivity contribution in [2.45, 2.75) is 12.5 Å². The van der Waals surface area contributed by atoms with E-state index < -0.39 is 11.4 Å². The number of nitrogens with one attached hydrogen (secondary N) is 1.